The monoisotopic (exact) mass is 478 g/mol. The van der Waals surface area contributed by atoms with Crippen LogP contribution in [0.5, 0.6) is 11.6 Å². The van der Waals surface area contributed by atoms with Crippen LogP contribution < -0.4 is 10.3 Å². The molecule has 4 aromatic rings. The first-order valence-corrected chi connectivity index (χ1v) is 10.7. The third-order valence-corrected chi connectivity index (χ3v) is 5.61. The average molecular weight is 479 g/mol. The number of aromatic nitrogens is 2. The summed E-state index contributed by atoms with van der Waals surface area (Å²) in [5, 5.41) is 20.0. The molecule has 1 heterocycles. The number of hydrogen-bond acceptors (Lipinski definition) is 6. The van der Waals surface area contributed by atoms with Crippen LogP contribution in [0.1, 0.15) is 5.56 Å². The lowest BCUT2D eigenvalue weighted by Crippen LogP contribution is -2.23. The minimum Gasteiger partial charge on any atom is -0.495 e. The smallest absolute Gasteiger partial charge is 0.290 e. The van der Waals surface area contributed by atoms with Crippen molar-refractivity contribution in [3.63, 3.8) is 0 Å². The van der Waals surface area contributed by atoms with Crippen LogP contribution in [0.15, 0.2) is 87.8 Å². The largest absolute Gasteiger partial charge is 0.495 e. The van der Waals surface area contributed by atoms with E-state index in [1.807, 2.05) is 25.1 Å². The zero-order valence-corrected chi connectivity index (χ0v) is 19.3. The topological polar surface area (TPSA) is 81.1 Å². The number of para-hydroxylation sites is 2. The molecular weight excluding hydrogens is 460 g/mol. The number of methoxy groups -OCH3 is 1. The summed E-state index contributed by atoms with van der Waals surface area (Å²) in [7, 11) is 1.51. The summed E-state index contributed by atoms with van der Waals surface area (Å²) in [5.74, 6) is 0.00375. The van der Waals surface area contributed by atoms with Crippen molar-refractivity contribution >= 4 is 35.2 Å². The first-order chi connectivity index (χ1) is 15.9. The number of rotatable bonds is 5. The van der Waals surface area contributed by atoms with Crippen molar-refractivity contribution in [3.05, 3.63) is 98.5 Å². The van der Waals surface area contributed by atoms with E-state index in [1.165, 1.54) is 16.2 Å². The lowest BCUT2D eigenvalue weighted by molar-refractivity contribution is 0.402. The van der Waals surface area contributed by atoms with Crippen molar-refractivity contribution in [2.75, 3.05) is 7.11 Å². The number of ether oxygens (including phenoxy) is 1. The second-order valence-corrected chi connectivity index (χ2v) is 7.87. The van der Waals surface area contributed by atoms with E-state index in [0.717, 1.165) is 5.56 Å². The van der Waals surface area contributed by atoms with Gasteiger partial charge in [-0.15, -0.1) is 10.2 Å². The Kier molecular flexibility index (Phi) is 6.39. The Morgan fingerprint density at radius 2 is 1.61 bits per heavy atom. The van der Waals surface area contributed by atoms with Crippen LogP contribution in [0.2, 0.25) is 5.02 Å². The van der Waals surface area contributed by atoms with E-state index in [-0.39, 0.29) is 10.5 Å². The number of aryl methyl sites for hydroxylation is 1. The summed E-state index contributed by atoms with van der Waals surface area (Å²) in [6.45, 7) is 1.88. The van der Waals surface area contributed by atoms with Gasteiger partial charge in [-0.3, -0.25) is 13.9 Å². The molecule has 0 spiro atoms. The van der Waals surface area contributed by atoms with Gasteiger partial charge in [0.1, 0.15) is 5.75 Å². The molecule has 1 N–H and O–H groups in total. The highest BCUT2D eigenvalue weighted by Crippen LogP contribution is 2.33. The maximum atomic E-state index is 13.4. The van der Waals surface area contributed by atoms with Gasteiger partial charge in [0, 0.05) is 5.02 Å². The Labute approximate surface area is 199 Å². The predicted molar refractivity (Wildman–Crippen MR) is 131 cm³/mol. The van der Waals surface area contributed by atoms with Gasteiger partial charge in [-0.05, 0) is 67.2 Å². The van der Waals surface area contributed by atoms with E-state index in [0.29, 0.717) is 27.8 Å². The van der Waals surface area contributed by atoms with Crippen LogP contribution in [0.4, 0.5) is 11.4 Å². The molecule has 0 aliphatic rings. The molecule has 7 nitrogen and oxygen atoms in total. The van der Waals surface area contributed by atoms with Gasteiger partial charge >= 0.3 is 0 Å². The van der Waals surface area contributed by atoms with E-state index in [4.69, 9.17) is 28.6 Å². The van der Waals surface area contributed by atoms with E-state index in [9.17, 15) is 9.90 Å². The molecule has 9 heteroatoms. The van der Waals surface area contributed by atoms with Gasteiger partial charge in [-0.1, -0.05) is 41.9 Å². The highest BCUT2D eigenvalue weighted by Gasteiger charge is 2.21. The summed E-state index contributed by atoms with van der Waals surface area (Å²) in [5.41, 5.74) is 1.45. The molecule has 4 rings (SSSR count). The summed E-state index contributed by atoms with van der Waals surface area (Å²) in [6.07, 6.45) is 0. The molecule has 166 valence electrons. The maximum absolute atomic E-state index is 13.4. The SMILES string of the molecule is COc1ccccc1-n1c(O)c(N=Nc2ccccc2C)c(=O)n(-c2ccc(Cl)cc2)c1=S. The summed E-state index contributed by atoms with van der Waals surface area (Å²) < 4.78 is 8.07. The van der Waals surface area contributed by atoms with E-state index in [1.54, 1.807) is 54.6 Å². The zero-order valence-electron chi connectivity index (χ0n) is 17.8. The van der Waals surface area contributed by atoms with Crippen molar-refractivity contribution in [1.82, 2.24) is 9.13 Å². The molecule has 0 bridgehead atoms. The minimum atomic E-state index is -0.622. The molecule has 1 aromatic heterocycles. The highest BCUT2D eigenvalue weighted by molar-refractivity contribution is 7.71. The van der Waals surface area contributed by atoms with Gasteiger partial charge < -0.3 is 9.84 Å². The zero-order chi connectivity index (χ0) is 23.5. The molecule has 0 atom stereocenters. The molecular formula is C24H19ClN4O3S. The quantitative estimate of drug-likeness (QED) is 0.264. The number of hydrogen-bond donors (Lipinski definition) is 1. The van der Waals surface area contributed by atoms with Crippen molar-refractivity contribution in [2.24, 2.45) is 10.2 Å². The van der Waals surface area contributed by atoms with Gasteiger partial charge in [-0.25, -0.2) is 0 Å². The van der Waals surface area contributed by atoms with E-state index < -0.39 is 11.4 Å². The number of benzene rings is 3. The van der Waals surface area contributed by atoms with E-state index in [2.05, 4.69) is 10.2 Å². The third-order valence-electron chi connectivity index (χ3n) is 5.00. The lowest BCUT2D eigenvalue weighted by Gasteiger charge is -2.17. The van der Waals surface area contributed by atoms with Gasteiger partial charge in [0.2, 0.25) is 11.6 Å². The fraction of sp³-hybridized carbons (Fsp3) is 0.0833. The molecule has 0 aliphatic carbocycles. The van der Waals surface area contributed by atoms with Crippen molar-refractivity contribution in [1.29, 1.82) is 0 Å². The highest BCUT2D eigenvalue weighted by atomic mass is 35.5. The third kappa shape index (κ3) is 4.30. The normalized spacial score (nSPS) is 11.1. The fourth-order valence-corrected chi connectivity index (χ4v) is 3.80. The second kappa shape index (κ2) is 9.40. The first kappa shape index (κ1) is 22.4. The Bertz CT molecular complexity index is 1480. The molecule has 0 unspecified atom stereocenters. The van der Waals surface area contributed by atoms with Crippen LogP contribution in [0, 0.1) is 11.7 Å². The number of aromatic hydroxyl groups is 1. The first-order valence-electron chi connectivity index (χ1n) is 9.90. The van der Waals surface area contributed by atoms with Crippen molar-refractivity contribution in [3.8, 4) is 23.0 Å². The van der Waals surface area contributed by atoms with Crippen molar-refractivity contribution in [2.45, 2.75) is 6.92 Å². The molecule has 0 amide bonds. The van der Waals surface area contributed by atoms with E-state index >= 15 is 0 Å². The Morgan fingerprint density at radius 3 is 2.30 bits per heavy atom. The van der Waals surface area contributed by atoms with Crippen LogP contribution in [-0.4, -0.2) is 21.4 Å². The van der Waals surface area contributed by atoms with Crippen LogP contribution in [-0.2, 0) is 0 Å². The molecule has 0 aliphatic heterocycles. The molecule has 0 fully saturated rings. The summed E-state index contributed by atoms with van der Waals surface area (Å²) in [6, 6.07) is 20.9. The van der Waals surface area contributed by atoms with Crippen molar-refractivity contribution < 1.29 is 9.84 Å². The van der Waals surface area contributed by atoms with Gasteiger partial charge in [0.05, 0.1) is 24.2 Å². The Balaban J connectivity index is 2.05. The minimum absolute atomic E-state index is 0.0270. The Hall–Kier alpha value is -3.75. The fourth-order valence-electron chi connectivity index (χ4n) is 3.30. The Morgan fingerprint density at radius 1 is 0.939 bits per heavy atom. The number of nitrogens with zero attached hydrogens (tertiary/aromatic N) is 4. The summed E-state index contributed by atoms with van der Waals surface area (Å²) in [4.78, 5) is 13.4. The maximum Gasteiger partial charge on any atom is 0.290 e. The number of halogens is 1. The predicted octanol–water partition coefficient (Wildman–Crippen LogP) is 6.45. The second-order valence-electron chi connectivity index (χ2n) is 7.07. The molecule has 0 saturated heterocycles. The van der Waals surface area contributed by atoms with Crippen LogP contribution in [0.3, 0.4) is 0 Å². The van der Waals surface area contributed by atoms with Gasteiger partial charge in [0.25, 0.3) is 5.56 Å². The number of azo groups is 1. The summed E-state index contributed by atoms with van der Waals surface area (Å²) >= 11 is 11.7. The average Bonchev–Trinajstić information content (AvgIpc) is 2.81. The molecule has 33 heavy (non-hydrogen) atoms. The van der Waals surface area contributed by atoms with Gasteiger partial charge in [-0.2, -0.15) is 0 Å². The van der Waals surface area contributed by atoms with Gasteiger partial charge in [0.15, 0.2) is 4.77 Å². The standard InChI is InChI=1S/C24H19ClN4O3S/c1-15-7-3-4-8-18(15)26-27-21-22(30)28(17-13-11-16(25)12-14-17)24(33)29(23(21)31)19-9-5-6-10-20(19)32-2/h3-14,31H,1-2H3. The van der Waals surface area contributed by atoms with Crippen LogP contribution >= 0.6 is 23.8 Å². The van der Waals surface area contributed by atoms with Crippen LogP contribution in [0.25, 0.3) is 11.4 Å². The lowest BCUT2D eigenvalue weighted by atomic mass is 10.2. The molecule has 0 radical (unpaired) electrons. The molecule has 0 saturated carbocycles. The molecule has 3 aromatic carbocycles.